The number of allylic oxidation sites excluding steroid dienone is 1. The summed E-state index contributed by atoms with van der Waals surface area (Å²) in [4.78, 5) is 0. The van der Waals surface area contributed by atoms with Crippen LogP contribution in [-0.2, 0) is 0 Å². The van der Waals surface area contributed by atoms with Crippen LogP contribution in [0, 0.1) is 5.92 Å². The quantitative estimate of drug-likeness (QED) is 0.730. The lowest BCUT2D eigenvalue weighted by Gasteiger charge is -2.34. The topological polar surface area (TPSA) is 20.2 Å². The largest absolute Gasteiger partial charge is 0.392 e. The highest BCUT2D eigenvalue weighted by atomic mass is 16.3. The van der Waals surface area contributed by atoms with Crippen molar-refractivity contribution in [1.82, 2.24) is 0 Å². The molecule has 0 radical (unpaired) electrons. The minimum absolute atomic E-state index is 0.204. The second kappa shape index (κ2) is 4.63. The first-order valence-corrected chi connectivity index (χ1v) is 5.68. The Morgan fingerprint density at radius 1 is 1.20 bits per heavy atom. The third kappa shape index (κ3) is 2.13. The molecule has 1 N–H and O–H groups in total. The molecule has 0 aromatic heterocycles. The van der Waals surface area contributed by atoms with Crippen LogP contribution in [0.5, 0.6) is 0 Å². The van der Waals surface area contributed by atoms with Crippen molar-refractivity contribution in [1.29, 1.82) is 0 Å². The number of hydrogen-bond acceptors (Lipinski definition) is 1. The van der Waals surface area contributed by atoms with Crippen LogP contribution in [0.3, 0.4) is 0 Å². The van der Waals surface area contributed by atoms with Gasteiger partial charge < -0.3 is 5.11 Å². The molecule has 1 aromatic rings. The summed E-state index contributed by atoms with van der Waals surface area (Å²) in [5.74, 6) is 0.675. The van der Waals surface area contributed by atoms with Gasteiger partial charge in [0, 0.05) is 5.92 Å². The van der Waals surface area contributed by atoms with Gasteiger partial charge in [0.1, 0.15) is 0 Å². The Balaban J connectivity index is 2.27. The number of hydrogen-bond donors (Lipinski definition) is 1. The zero-order valence-corrected chi connectivity index (χ0v) is 8.97. The maximum absolute atomic E-state index is 10.1. The molecule has 1 heteroatoms. The van der Waals surface area contributed by atoms with Crippen LogP contribution in [0.1, 0.15) is 30.7 Å². The van der Waals surface area contributed by atoms with Crippen LogP contribution in [0.4, 0.5) is 0 Å². The van der Waals surface area contributed by atoms with Crippen molar-refractivity contribution >= 4 is 0 Å². The number of rotatable bonds is 2. The molecule has 0 bridgehead atoms. The van der Waals surface area contributed by atoms with E-state index in [0.717, 1.165) is 19.3 Å². The van der Waals surface area contributed by atoms with Gasteiger partial charge >= 0.3 is 0 Å². The van der Waals surface area contributed by atoms with Gasteiger partial charge in [0.25, 0.3) is 0 Å². The lowest BCUT2D eigenvalue weighted by atomic mass is 9.74. The average molecular weight is 202 g/mol. The normalized spacial score (nSPS) is 31.1. The predicted molar refractivity (Wildman–Crippen MR) is 62.7 cm³/mol. The summed E-state index contributed by atoms with van der Waals surface area (Å²) in [6, 6.07) is 10.3. The molecular formula is C14H18O. The smallest absolute Gasteiger partial charge is 0.0614 e. The van der Waals surface area contributed by atoms with Gasteiger partial charge in [-0.15, -0.1) is 6.58 Å². The van der Waals surface area contributed by atoms with Gasteiger partial charge in [0.2, 0.25) is 0 Å². The summed E-state index contributed by atoms with van der Waals surface area (Å²) in [7, 11) is 0. The summed E-state index contributed by atoms with van der Waals surface area (Å²) in [5.41, 5.74) is 1.25. The second-order valence-corrected chi connectivity index (χ2v) is 4.33. The van der Waals surface area contributed by atoms with Crippen molar-refractivity contribution < 1.29 is 5.11 Å². The molecule has 0 unspecified atom stereocenters. The number of aliphatic hydroxyl groups is 1. The molecule has 3 atom stereocenters. The molecule has 2 rings (SSSR count). The first-order chi connectivity index (χ1) is 7.33. The molecule has 0 amide bonds. The summed E-state index contributed by atoms with van der Waals surface area (Å²) in [5, 5.41) is 10.1. The van der Waals surface area contributed by atoms with E-state index in [0.29, 0.717) is 5.92 Å². The molecule has 1 aromatic carbocycles. The van der Waals surface area contributed by atoms with E-state index >= 15 is 0 Å². The Morgan fingerprint density at radius 3 is 2.60 bits per heavy atom. The van der Waals surface area contributed by atoms with E-state index in [-0.39, 0.29) is 12.0 Å². The van der Waals surface area contributed by atoms with E-state index in [1.165, 1.54) is 5.56 Å². The Labute approximate surface area is 91.4 Å². The second-order valence-electron chi connectivity index (χ2n) is 4.33. The lowest BCUT2D eigenvalue weighted by Crippen LogP contribution is -2.29. The monoisotopic (exact) mass is 202 g/mol. The molecule has 1 aliphatic rings. The summed E-state index contributed by atoms with van der Waals surface area (Å²) in [6.45, 7) is 3.88. The molecule has 0 spiro atoms. The first kappa shape index (κ1) is 10.4. The van der Waals surface area contributed by atoms with Crippen molar-refractivity contribution in [3.05, 3.63) is 48.6 Å². The van der Waals surface area contributed by atoms with Crippen LogP contribution < -0.4 is 0 Å². The highest BCUT2D eigenvalue weighted by Crippen LogP contribution is 2.38. The Hall–Kier alpha value is -1.08. The Bertz CT molecular complexity index is 317. The van der Waals surface area contributed by atoms with Crippen molar-refractivity contribution in [3.8, 4) is 0 Å². The molecule has 1 aliphatic carbocycles. The van der Waals surface area contributed by atoms with Crippen LogP contribution in [0.25, 0.3) is 0 Å². The number of benzene rings is 1. The van der Waals surface area contributed by atoms with Gasteiger partial charge in [-0.2, -0.15) is 0 Å². The van der Waals surface area contributed by atoms with E-state index < -0.39 is 0 Å². The maximum atomic E-state index is 10.1. The Kier molecular flexibility index (Phi) is 3.22. The van der Waals surface area contributed by atoms with E-state index in [1.807, 2.05) is 24.3 Å². The van der Waals surface area contributed by atoms with Crippen LogP contribution in [0.2, 0.25) is 0 Å². The predicted octanol–water partition coefficient (Wildman–Crippen LogP) is 3.12. The van der Waals surface area contributed by atoms with E-state index in [1.54, 1.807) is 0 Å². The summed E-state index contributed by atoms with van der Waals surface area (Å²) >= 11 is 0. The third-order valence-electron chi connectivity index (χ3n) is 3.40. The van der Waals surface area contributed by atoms with Gasteiger partial charge in [-0.05, 0) is 24.3 Å². The highest BCUT2D eigenvalue weighted by molar-refractivity contribution is 5.23. The van der Waals surface area contributed by atoms with E-state index in [2.05, 4.69) is 18.7 Å². The molecule has 0 heterocycles. The zero-order valence-electron chi connectivity index (χ0n) is 8.97. The highest BCUT2D eigenvalue weighted by Gasteiger charge is 2.31. The number of aliphatic hydroxyl groups excluding tert-OH is 1. The maximum Gasteiger partial charge on any atom is 0.0614 e. The van der Waals surface area contributed by atoms with Gasteiger partial charge in [-0.25, -0.2) is 0 Å². The van der Waals surface area contributed by atoms with Crippen molar-refractivity contribution in [2.45, 2.75) is 31.3 Å². The van der Waals surface area contributed by atoms with Crippen molar-refractivity contribution in [3.63, 3.8) is 0 Å². The molecule has 1 nitrogen and oxygen atoms in total. The minimum Gasteiger partial charge on any atom is -0.392 e. The molecular weight excluding hydrogens is 184 g/mol. The van der Waals surface area contributed by atoms with Crippen LogP contribution in [-0.4, -0.2) is 11.2 Å². The summed E-state index contributed by atoms with van der Waals surface area (Å²) < 4.78 is 0. The fourth-order valence-electron chi connectivity index (χ4n) is 2.62. The van der Waals surface area contributed by atoms with Gasteiger partial charge in [-0.1, -0.05) is 42.8 Å². The molecule has 1 fully saturated rings. The van der Waals surface area contributed by atoms with Gasteiger partial charge in [0.15, 0.2) is 0 Å². The lowest BCUT2D eigenvalue weighted by molar-refractivity contribution is 0.0866. The summed E-state index contributed by atoms with van der Waals surface area (Å²) in [6.07, 6.45) is 4.98. The standard InChI is InChI=1S/C14H18O/c1-2-11-9-6-10-13(15)14(11)12-7-4-3-5-8-12/h2-5,7-8,11,13-15H,1,6,9-10H2/t11-,13+,14-/m0/s1. The van der Waals surface area contributed by atoms with Crippen LogP contribution >= 0.6 is 0 Å². The third-order valence-corrected chi connectivity index (χ3v) is 3.40. The molecule has 15 heavy (non-hydrogen) atoms. The molecule has 0 aliphatic heterocycles. The molecule has 0 saturated heterocycles. The van der Waals surface area contributed by atoms with Crippen molar-refractivity contribution in [2.24, 2.45) is 5.92 Å². The average Bonchev–Trinajstić information content (AvgIpc) is 2.29. The SMILES string of the molecule is C=C[C@H]1CCC[C@@H](O)[C@@H]1c1ccccc1. The zero-order chi connectivity index (χ0) is 10.7. The van der Waals surface area contributed by atoms with Crippen molar-refractivity contribution in [2.75, 3.05) is 0 Å². The fourth-order valence-corrected chi connectivity index (χ4v) is 2.62. The first-order valence-electron chi connectivity index (χ1n) is 5.68. The van der Waals surface area contributed by atoms with Gasteiger partial charge in [-0.3, -0.25) is 0 Å². The van der Waals surface area contributed by atoms with E-state index in [4.69, 9.17) is 0 Å². The Morgan fingerprint density at radius 2 is 1.93 bits per heavy atom. The molecule has 1 saturated carbocycles. The fraction of sp³-hybridized carbons (Fsp3) is 0.429. The van der Waals surface area contributed by atoms with E-state index in [9.17, 15) is 5.11 Å². The van der Waals surface area contributed by atoms with Crippen LogP contribution in [0.15, 0.2) is 43.0 Å². The minimum atomic E-state index is -0.204. The molecule has 80 valence electrons. The van der Waals surface area contributed by atoms with Gasteiger partial charge in [0.05, 0.1) is 6.10 Å².